The molecule has 0 saturated carbocycles. The fourth-order valence-electron chi connectivity index (χ4n) is 1.48. The molecule has 1 heterocycles. The van der Waals surface area contributed by atoms with Gasteiger partial charge in [-0.1, -0.05) is 0 Å². The average molecular weight is 185 g/mol. The molecule has 0 bridgehead atoms. The molecular formula is C9H9F2NO. The van der Waals surface area contributed by atoms with Crippen LogP contribution in [0.1, 0.15) is 12.0 Å². The maximum atomic E-state index is 13.2. The number of rotatable bonds is 0. The first kappa shape index (κ1) is 8.29. The average Bonchev–Trinajstić information content (AvgIpc) is 2.06. The lowest BCUT2D eigenvalue weighted by Gasteiger charge is -2.26. The minimum atomic E-state index is -2.82. The van der Waals surface area contributed by atoms with E-state index in [-0.39, 0.29) is 24.3 Å². The van der Waals surface area contributed by atoms with E-state index >= 15 is 0 Å². The molecule has 0 aliphatic carbocycles. The Morgan fingerprint density at radius 3 is 2.92 bits per heavy atom. The van der Waals surface area contributed by atoms with Crippen molar-refractivity contribution in [2.75, 3.05) is 11.9 Å². The highest BCUT2D eigenvalue weighted by molar-refractivity contribution is 5.57. The SMILES string of the molecule is Oc1ccc2c(c1)C(F)(F)CCN2. The zero-order chi connectivity index (χ0) is 9.47. The van der Waals surface area contributed by atoms with Crippen molar-refractivity contribution in [1.29, 1.82) is 0 Å². The molecule has 4 heteroatoms. The van der Waals surface area contributed by atoms with E-state index in [1.807, 2.05) is 0 Å². The van der Waals surface area contributed by atoms with Gasteiger partial charge in [0.25, 0.3) is 5.92 Å². The number of anilines is 1. The molecule has 13 heavy (non-hydrogen) atoms. The van der Waals surface area contributed by atoms with Gasteiger partial charge in [-0.15, -0.1) is 0 Å². The van der Waals surface area contributed by atoms with Crippen LogP contribution in [-0.2, 0) is 5.92 Å². The molecule has 70 valence electrons. The van der Waals surface area contributed by atoms with Crippen LogP contribution in [0.2, 0.25) is 0 Å². The molecule has 1 aliphatic heterocycles. The number of fused-ring (bicyclic) bond motifs is 1. The van der Waals surface area contributed by atoms with Gasteiger partial charge >= 0.3 is 0 Å². The Morgan fingerprint density at radius 2 is 2.15 bits per heavy atom. The number of halogens is 2. The number of phenols is 1. The van der Waals surface area contributed by atoms with Crippen LogP contribution in [0.3, 0.4) is 0 Å². The summed E-state index contributed by atoms with van der Waals surface area (Å²) < 4.78 is 26.5. The smallest absolute Gasteiger partial charge is 0.277 e. The van der Waals surface area contributed by atoms with Gasteiger partial charge in [0.2, 0.25) is 0 Å². The summed E-state index contributed by atoms with van der Waals surface area (Å²) in [7, 11) is 0. The quantitative estimate of drug-likeness (QED) is 0.608. The van der Waals surface area contributed by atoms with Crippen molar-refractivity contribution in [2.45, 2.75) is 12.3 Å². The van der Waals surface area contributed by atoms with E-state index in [2.05, 4.69) is 5.32 Å². The highest BCUT2D eigenvalue weighted by atomic mass is 19.3. The minimum absolute atomic E-state index is 0.112. The Balaban J connectivity index is 2.55. The summed E-state index contributed by atoms with van der Waals surface area (Å²) in [6.07, 6.45) is -0.219. The third-order valence-corrected chi connectivity index (χ3v) is 2.15. The van der Waals surface area contributed by atoms with Gasteiger partial charge in [0.05, 0.1) is 0 Å². The summed E-state index contributed by atoms with van der Waals surface area (Å²) in [6, 6.07) is 3.98. The fourth-order valence-corrected chi connectivity index (χ4v) is 1.48. The second-order valence-corrected chi connectivity index (χ2v) is 3.11. The van der Waals surface area contributed by atoms with Crippen molar-refractivity contribution in [3.8, 4) is 5.75 Å². The molecule has 2 N–H and O–H groups in total. The number of alkyl halides is 2. The number of phenolic OH excluding ortho intramolecular Hbond substituents is 1. The first-order valence-corrected chi connectivity index (χ1v) is 4.05. The topological polar surface area (TPSA) is 32.3 Å². The highest BCUT2D eigenvalue weighted by Crippen LogP contribution is 2.40. The van der Waals surface area contributed by atoms with Gasteiger partial charge in [-0.2, -0.15) is 0 Å². The predicted octanol–water partition coefficient (Wildman–Crippen LogP) is 2.30. The fraction of sp³-hybridized carbons (Fsp3) is 0.333. The normalized spacial score (nSPS) is 18.9. The molecule has 0 fully saturated rings. The van der Waals surface area contributed by atoms with Gasteiger partial charge in [-0.25, -0.2) is 8.78 Å². The van der Waals surface area contributed by atoms with Crippen molar-refractivity contribution in [2.24, 2.45) is 0 Å². The lowest BCUT2D eigenvalue weighted by molar-refractivity contribution is -0.0124. The molecule has 0 unspecified atom stereocenters. The van der Waals surface area contributed by atoms with E-state index in [9.17, 15) is 8.78 Å². The van der Waals surface area contributed by atoms with Crippen LogP contribution >= 0.6 is 0 Å². The standard InChI is InChI=1S/C9H9F2NO/c10-9(11)3-4-12-8-2-1-6(13)5-7(8)9/h1-2,5,12-13H,3-4H2. The van der Waals surface area contributed by atoms with E-state index in [1.54, 1.807) is 0 Å². The summed E-state index contributed by atoms with van der Waals surface area (Å²) in [4.78, 5) is 0. The lowest BCUT2D eigenvalue weighted by atomic mass is 9.99. The Morgan fingerprint density at radius 1 is 1.38 bits per heavy atom. The maximum absolute atomic E-state index is 13.2. The van der Waals surface area contributed by atoms with Crippen LogP contribution in [0, 0.1) is 0 Å². The number of hydrogen-bond acceptors (Lipinski definition) is 2. The Hall–Kier alpha value is -1.32. The zero-order valence-electron chi connectivity index (χ0n) is 6.85. The monoisotopic (exact) mass is 185 g/mol. The molecule has 0 amide bonds. The molecule has 1 aliphatic rings. The first-order valence-electron chi connectivity index (χ1n) is 4.05. The summed E-state index contributed by atoms with van der Waals surface area (Å²) >= 11 is 0. The summed E-state index contributed by atoms with van der Waals surface area (Å²) in [5, 5.41) is 11.9. The van der Waals surface area contributed by atoms with Crippen molar-refractivity contribution in [3.63, 3.8) is 0 Å². The van der Waals surface area contributed by atoms with Crippen molar-refractivity contribution >= 4 is 5.69 Å². The Labute approximate surface area is 74.2 Å². The van der Waals surface area contributed by atoms with E-state index < -0.39 is 5.92 Å². The zero-order valence-corrected chi connectivity index (χ0v) is 6.85. The van der Waals surface area contributed by atoms with Gasteiger partial charge in [0.1, 0.15) is 5.75 Å². The highest BCUT2D eigenvalue weighted by Gasteiger charge is 2.36. The van der Waals surface area contributed by atoms with Crippen LogP contribution in [0.25, 0.3) is 0 Å². The van der Waals surface area contributed by atoms with Crippen LogP contribution < -0.4 is 5.32 Å². The Kier molecular flexibility index (Phi) is 1.65. The van der Waals surface area contributed by atoms with Crippen LogP contribution in [0.4, 0.5) is 14.5 Å². The Bertz CT molecular complexity index is 338. The third kappa shape index (κ3) is 1.32. The summed E-state index contributed by atoms with van der Waals surface area (Å²) in [6.45, 7) is 0.269. The van der Waals surface area contributed by atoms with Crippen LogP contribution in [-0.4, -0.2) is 11.7 Å². The molecular weight excluding hydrogens is 176 g/mol. The van der Waals surface area contributed by atoms with E-state index in [1.165, 1.54) is 12.1 Å². The van der Waals surface area contributed by atoms with E-state index in [0.29, 0.717) is 5.69 Å². The van der Waals surface area contributed by atoms with Gasteiger partial charge < -0.3 is 10.4 Å². The number of hydrogen-bond donors (Lipinski definition) is 2. The molecule has 0 aromatic heterocycles. The van der Waals surface area contributed by atoms with Gasteiger partial charge in [-0.3, -0.25) is 0 Å². The second kappa shape index (κ2) is 2.58. The largest absolute Gasteiger partial charge is 0.508 e. The van der Waals surface area contributed by atoms with Crippen molar-refractivity contribution < 1.29 is 13.9 Å². The molecule has 0 saturated heterocycles. The minimum Gasteiger partial charge on any atom is -0.508 e. The predicted molar refractivity (Wildman–Crippen MR) is 45.1 cm³/mol. The molecule has 1 aromatic rings. The first-order chi connectivity index (χ1) is 6.09. The molecule has 0 spiro atoms. The lowest BCUT2D eigenvalue weighted by Crippen LogP contribution is -2.25. The summed E-state index contributed by atoms with van der Waals surface area (Å²) in [5.41, 5.74) is 0.299. The second-order valence-electron chi connectivity index (χ2n) is 3.11. The number of nitrogens with one attached hydrogen (secondary N) is 1. The van der Waals surface area contributed by atoms with E-state index in [4.69, 9.17) is 5.11 Å². The van der Waals surface area contributed by atoms with Crippen molar-refractivity contribution in [3.05, 3.63) is 23.8 Å². The van der Waals surface area contributed by atoms with Gasteiger partial charge in [0, 0.05) is 24.2 Å². The number of aromatic hydroxyl groups is 1. The van der Waals surface area contributed by atoms with Gasteiger partial charge in [-0.05, 0) is 18.2 Å². The number of benzene rings is 1. The van der Waals surface area contributed by atoms with Crippen molar-refractivity contribution in [1.82, 2.24) is 0 Å². The molecule has 1 aromatic carbocycles. The third-order valence-electron chi connectivity index (χ3n) is 2.15. The van der Waals surface area contributed by atoms with E-state index in [0.717, 1.165) is 6.07 Å². The van der Waals surface area contributed by atoms with Crippen LogP contribution in [0.5, 0.6) is 5.75 Å². The molecule has 0 radical (unpaired) electrons. The van der Waals surface area contributed by atoms with Gasteiger partial charge in [0.15, 0.2) is 0 Å². The molecule has 2 rings (SSSR count). The molecule has 2 nitrogen and oxygen atoms in total. The van der Waals surface area contributed by atoms with Crippen LogP contribution in [0.15, 0.2) is 18.2 Å². The maximum Gasteiger partial charge on any atom is 0.277 e. The summed E-state index contributed by atoms with van der Waals surface area (Å²) in [5.74, 6) is -2.94. The molecule has 0 atom stereocenters.